The smallest absolute Gasteiger partial charge is 0.271 e. The summed E-state index contributed by atoms with van der Waals surface area (Å²) in [7, 11) is 0. The van der Waals surface area contributed by atoms with Gasteiger partial charge in [-0.2, -0.15) is 0 Å². The second-order valence-corrected chi connectivity index (χ2v) is 19.9. The largest absolute Gasteiger partial charge is 0.458 e. The van der Waals surface area contributed by atoms with E-state index in [2.05, 4.69) is 119 Å². The van der Waals surface area contributed by atoms with Crippen LogP contribution in [0.1, 0.15) is 111 Å². The third kappa shape index (κ3) is 8.41. The molecule has 0 aliphatic rings. The predicted molar refractivity (Wildman–Crippen MR) is 244 cm³/mol. The average molecular weight is 786 g/mol. The zero-order valence-electron chi connectivity index (χ0n) is 40.6. The number of hydrogen-bond acceptors (Lipinski definition) is 3. The SMILES string of the molecule is [2H]C([2H])(c1cc(-[n+]2[c-]n(-c3cc(Oc4ccc5c6ccccc6n(-c6cc(C(C)(C)C)ccn6)c5c4)ccn3)c3cc(C(C)(C)C)ccc32)cc(C([2H])([2H])C(C)(C)C)c1)C(C)(C)C. The van der Waals surface area contributed by atoms with E-state index in [0.29, 0.717) is 34.1 Å². The van der Waals surface area contributed by atoms with E-state index in [0.717, 1.165) is 44.2 Å². The van der Waals surface area contributed by atoms with Gasteiger partial charge in [0.05, 0.1) is 27.8 Å². The summed E-state index contributed by atoms with van der Waals surface area (Å²) in [5.74, 6) is 2.67. The molecule has 4 heterocycles. The highest BCUT2D eigenvalue weighted by Gasteiger charge is 2.23. The minimum atomic E-state index is -1.78. The summed E-state index contributed by atoms with van der Waals surface area (Å²) in [6.07, 6.45) is 3.63. The fourth-order valence-corrected chi connectivity index (χ4v) is 7.68. The van der Waals surface area contributed by atoms with Gasteiger partial charge in [0, 0.05) is 40.8 Å². The fourth-order valence-electron chi connectivity index (χ4n) is 7.68. The van der Waals surface area contributed by atoms with Crippen molar-refractivity contribution < 1.29 is 14.8 Å². The summed E-state index contributed by atoms with van der Waals surface area (Å²) in [4.78, 5) is 9.69. The molecule has 0 N–H and O–H groups in total. The van der Waals surface area contributed by atoms with Gasteiger partial charge in [-0.3, -0.25) is 18.7 Å². The van der Waals surface area contributed by atoms with Gasteiger partial charge in [0.15, 0.2) is 5.82 Å². The maximum atomic E-state index is 9.30. The van der Waals surface area contributed by atoms with Crippen LogP contribution < -0.4 is 9.30 Å². The van der Waals surface area contributed by atoms with Gasteiger partial charge in [0.25, 0.3) is 6.33 Å². The fraction of sp³-hybridized carbons (Fsp3) is 0.340. The molecule has 0 radical (unpaired) electrons. The first-order valence-corrected chi connectivity index (χ1v) is 20.6. The number of pyridine rings is 2. The van der Waals surface area contributed by atoms with Gasteiger partial charge >= 0.3 is 0 Å². The van der Waals surface area contributed by atoms with E-state index in [9.17, 15) is 5.48 Å². The molecule has 8 aromatic rings. The van der Waals surface area contributed by atoms with Crippen molar-refractivity contribution in [2.24, 2.45) is 10.8 Å². The van der Waals surface area contributed by atoms with Crippen molar-refractivity contribution in [1.82, 2.24) is 19.1 Å². The highest BCUT2D eigenvalue weighted by Crippen LogP contribution is 2.37. The second kappa shape index (κ2) is 14.5. The zero-order chi connectivity index (χ0) is 45.7. The van der Waals surface area contributed by atoms with Gasteiger partial charge in [-0.15, -0.1) is 0 Å². The number of fused-ring (bicyclic) bond motifs is 4. The first-order valence-electron chi connectivity index (χ1n) is 22.6. The quantitative estimate of drug-likeness (QED) is 0.119. The van der Waals surface area contributed by atoms with Gasteiger partial charge in [-0.1, -0.05) is 131 Å². The Kier molecular flexibility index (Phi) is 8.66. The molecule has 0 bridgehead atoms. The van der Waals surface area contributed by atoms with Crippen LogP contribution in [0.2, 0.25) is 0 Å². The Labute approximate surface area is 356 Å². The van der Waals surface area contributed by atoms with Crippen molar-refractivity contribution in [1.29, 1.82) is 0 Å². The van der Waals surface area contributed by atoms with E-state index in [1.807, 2.05) is 87.2 Å². The molecule has 0 fully saturated rings. The Morgan fingerprint density at radius 3 is 1.86 bits per heavy atom. The topological polar surface area (TPSA) is 48.8 Å². The summed E-state index contributed by atoms with van der Waals surface area (Å²) in [5.41, 5.74) is 5.72. The number of rotatable bonds is 7. The van der Waals surface area contributed by atoms with Crippen molar-refractivity contribution in [3.8, 4) is 28.8 Å². The average Bonchev–Trinajstić information content (AvgIpc) is 3.75. The molecule has 6 nitrogen and oxygen atoms in total. The molecule has 4 aromatic heterocycles. The predicted octanol–water partition coefficient (Wildman–Crippen LogP) is 13.2. The molecular formula is C53H59N5O. The van der Waals surface area contributed by atoms with E-state index in [1.54, 1.807) is 12.3 Å². The number of nitrogens with zero attached hydrogens (tertiary/aromatic N) is 5. The van der Waals surface area contributed by atoms with Crippen LogP contribution in [-0.2, 0) is 23.6 Å². The molecule has 8 rings (SSSR count). The molecule has 4 aromatic carbocycles. The monoisotopic (exact) mass is 785 g/mol. The summed E-state index contributed by atoms with van der Waals surface area (Å²) in [6, 6.07) is 34.3. The molecule has 0 spiro atoms. The summed E-state index contributed by atoms with van der Waals surface area (Å²) in [5, 5.41) is 2.23. The van der Waals surface area contributed by atoms with E-state index < -0.39 is 23.6 Å². The Balaban J connectivity index is 1.27. The number of aromatic nitrogens is 5. The number of benzene rings is 4. The highest BCUT2D eigenvalue weighted by molar-refractivity contribution is 6.09. The Morgan fingerprint density at radius 1 is 0.576 bits per heavy atom. The van der Waals surface area contributed by atoms with Gasteiger partial charge in [-0.25, -0.2) is 4.98 Å². The lowest BCUT2D eigenvalue weighted by molar-refractivity contribution is -0.572. The van der Waals surface area contributed by atoms with E-state index in [1.165, 1.54) is 5.56 Å². The maximum absolute atomic E-state index is 9.30. The molecular weight excluding hydrogens is 723 g/mol. The summed E-state index contributed by atoms with van der Waals surface area (Å²) in [6.45, 7) is 24.4. The van der Waals surface area contributed by atoms with Crippen LogP contribution in [0.15, 0.2) is 116 Å². The molecule has 6 heteroatoms. The van der Waals surface area contributed by atoms with Crippen molar-refractivity contribution in [3.63, 3.8) is 0 Å². The third-order valence-electron chi connectivity index (χ3n) is 10.4. The molecule has 302 valence electrons. The van der Waals surface area contributed by atoms with E-state index >= 15 is 0 Å². The molecule has 0 saturated carbocycles. The number of imidazole rings is 1. The minimum absolute atomic E-state index is 0.0447. The maximum Gasteiger partial charge on any atom is 0.271 e. The summed E-state index contributed by atoms with van der Waals surface area (Å²) < 4.78 is 49.9. The molecule has 0 aliphatic heterocycles. The molecule has 0 aliphatic carbocycles. The van der Waals surface area contributed by atoms with Crippen LogP contribution in [0.3, 0.4) is 0 Å². The van der Waals surface area contributed by atoms with Crippen LogP contribution in [-0.4, -0.2) is 19.1 Å². The van der Waals surface area contributed by atoms with Gasteiger partial charge in [0.1, 0.15) is 17.3 Å². The van der Waals surface area contributed by atoms with E-state index in [4.69, 9.17) is 14.7 Å². The molecule has 0 amide bonds. The lowest BCUT2D eigenvalue weighted by Crippen LogP contribution is -2.30. The van der Waals surface area contributed by atoms with Crippen molar-refractivity contribution in [2.45, 2.75) is 107 Å². The zero-order valence-corrected chi connectivity index (χ0v) is 36.6. The van der Waals surface area contributed by atoms with Gasteiger partial charge < -0.3 is 4.74 Å². The van der Waals surface area contributed by atoms with Crippen molar-refractivity contribution in [3.05, 3.63) is 144 Å². The number of para-hydroxylation sites is 1. The second-order valence-electron chi connectivity index (χ2n) is 19.9. The van der Waals surface area contributed by atoms with Crippen LogP contribution in [0.5, 0.6) is 11.5 Å². The highest BCUT2D eigenvalue weighted by atomic mass is 16.5. The molecule has 59 heavy (non-hydrogen) atoms. The Bertz CT molecular complexity index is 3000. The minimum Gasteiger partial charge on any atom is -0.458 e. The summed E-state index contributed by atoms with van der Waals surface area (Å²) >= 11 is 0. The van der Waals surface area contributed by atoms with Gasteiger partial charge in [0.2, 0.25) is 0 Å². The van der Waals surface area contributed by atoms with Crippen LogP contribution in [0.25, 0.3) is 50.2 Å². The number of ether oxygens (including phenoxy) is 1. The van der Waals surface area contributed by atoms with Gasteiger partial charge in [-0.05, 0) is 100 Å². The Morgan fingerprint density at radius 2 is 1.19 bits per heavy atom. The lowest BCUT2D eigenvalue weighted by atomic mass is 9.84. The van der Waals surface area contributed by atoms with Crippen molar-refractivity contribution >= 4 is 32.8 Å². The van der Waals surface area contributed by atoms with E-state index in [-0.39, 0.29) is 10.8 Å². The molecule has 0 atom stereocenters. The van der Waals surface area contributed by atoms with Crippen molar-refractivity contribution in [2.75, 3.05) is 0 Å². The molecule has 0 saturated heterocycles. The first kappa shape index (κ1) is 35.2. The third-order valence-corrected chi connectivity index (χ3v) is 10.4. The number of hydrogen-bond donors (Lipinski definition) is 0. The first-order chi connectivity index (χ1) is 29.3. The standard InChI is InChI=1S/C53H59N5O/c1-50(2,3)32-35-25-36(33-51(4,5)6)27-39(26-35)56-34-57(47-28-37(52(7,8)9)17-20-45(47)56)48-31-41(22-24-54-48)59-40-18-19-43-42-15-13-14-16-44(42)58(46(43)30-40)49-29-38(21-23-55-49)53(10,11)12/h13-31H,32-33H2,1-12H3/i32D2,33D2. The van der Waals surface area contributed by atoms with Crippen LogP contribution in [0, 0.1) is 17.2 Å². The molecule has 0 unspecified atom stereocenters. The normalized spacial score (nSPS) is 14.4. The van der Waals surface area contributed by atoms with Crippen LogP contribution in [0.4, 0.5) is 0 Å². The van der Waals surface area contributed by atoms with Crippen LogP contribution >= 0.6 is 0 Å². The Hall–Kier alpha value is -5.75. The lowest BCUT2D eigenvalue weighted by Gasteiger charge is -2.23.